The summed E-state index contributed by atoms with van der Waals surface area (Å²) >= 11 is 0. The molecule has 136 valence electrons. The number of amides is 1. The smallest absolute Gasteiger partial charge is 0.237 e. The Labute approximate surface area is 159 Å². The summed E-state index contributed by atoms with van der Waals surface area (Å²) in [5.41, 5.74) is 2.99. The monoisotopic (exact) mass is 359 g/mol. The van der Waals surface area contributed by atoms with Gasteiger partial charge in [0, 0.05) is 5.69 Å². The predicted molar refractivity (Wildman–Crippen MR) is 105 cm³/mol. The lowest BCUT2D eigenvalue weighted by molar-refractivity contribution is -0.126. The first-order valence-electron chi connectivity index (χ1n) is 8.89. The normalized spacial score (nSPS) is 18.7. The summed E-state index contributed by atoms with van der Waals surface area (Å²) in [4.78, 5) is 15.0. The largest absolute Gasteiger partial charge is 0.497 e. The maximum absolute atomic E-state index is 13.1. The summed E-state index contributed by atoms with van der Waals surface area (Å²) in [6.07, 6.45) is 0. The summed E-state index contributed by atoms with van der Waals surface area (Å²) in [5, 5.41) is 0. The van der Waals surface area contributed by atoms with Crippen LogP contribution < -0.4 is 14.4 Å². The third-order valence-electron chi connectivity index (χ3n) is 5.06. The van der Waals surface area contributed by atoms with E-state index >= 15 is 0 Å². The Bertz CT molecular complexity index is 920. The number of para-hydroxylation sites is 1. The summed E-state index contributed by atoms with van der Waals surface area (Å²) in [6, 6.07) is 25.4. The molecule has 0 saturated carbocycles. The van der Waals surface area contributed by atoms with E-state index in [1.807, 2.05) is 83.8 Å². The van der Waals surface area contributed by atoms with E-state index in [2.05, 4.69) is 0 Å². The van der Waals surface area contributed by atoms with Gasteiger partial charge in [-0.15, -0.1) is 0 Å². The second-order valence-corrected chi connectivity index (χ2v) is 6.51. The Morgan fingerprint density at radius 3 is 1.74 bits per heavy atom. The molecule has 1 fully saturated rings. The molecule has 2 atom stereocenters. The van der Waals surface area contributed by atoms with Gasteiger partial charge in [0.1, 0.15) is 11.5 Å². The van der Waals surface area contributed by atoms with Crippen LogP contribution in [0.15, 0.2) is 78.9 Å². The van der Waals surface area contributed by atoms with Crippen LogP contribution in [0.1, 0.15) is 23.1 Å². The van der Waals surface area contributed by atoms with Crippen LogP contribution in [0.5, 0.6) is 11.5 Å². The quantitative estimate of drug-likeness (QED) is 0.626. The molecule has 1 aliphatic heterocycles. The van der Waals surface area contributed by atoms with Gasteiger partial charge in [0.25, 0.3) is 0 Å². The Kier molecular flexibility index (Phi) is 4.55. The molecule has 4 rings (SSSR count). The lowest BCUT2D eigenvalue weighted by atomic mass is 9.77. The number of carbonyl (C=O) groups excluding carboxylic acids is 1. The molecule has 1 heterocycles. The van der Waals surface area contributed by atoms with Gasteiger partial charge in [0.05, 0.1) is 26.2 Å². The van der Waals surface area contributed by atoms with Crippen molar-refractivity contribution in [3.63, 3.8) is 0 Å². The van der Waals surface area contributed by atoms with E-state index in [4.69, 9.17) is 9.47 Å². The van der Waals surface area contributed by atoms with E-state index in [0.717, 1.165) is 28.3 Å². The molecule has 0 aliphatic carbocycles. The lowest BCUT2D eigenvalue weighted by Gasteiger charge is -2.47. The molecular formula is C23H21NO3. The molecule has 0 aromatic heterocycles. The van der Waals surface area contributed by atoms with Gasteiger partial charge in [-0.05, 0) is 47.5 Å². The highest BCUT2D eigenvalue weighted by Crippen LogP contribution is 2.49. The Balaban J connectivity index is 1.73. The minimum absolute atomic E-state index is 0.0563. The summed E-state index contributed by atoms with van der Waals surface area (Å²) in [5.74, 6) is 1.47. The van der Waals surface area contributed by atoms with Crippen LogP contribution in [-0.4, -0.2) is 20.1 Å². The van der Waals surface area contributed by atoms with Gasteiger partial charge in [-0.3, -0.25) is 4.79 Å². The number of carbonyl (C=O) groups is 1. The van der Waals surface area contributed by atoms with Crippen molar-refractivity contribution in [2.24, 2.45) is 0 Å². The molecule has 4 heteroatoms. The number of methoxy groups -OCH3 is 2. The van der Waals surface area contributed by atoms with Gasteiger partial charge < -0.3 is 14.4 Å². The van der Waals surface area contributed by atoms with Gasteiger partial charge in [0.2, 0.25) is 5.91 Å². The molecule has 0 N–H and O–H groups in total. The number of rotatable bonds is 5. The van der Waals surface area contributed by atoms with Crippen LogP contribution in [-0.2, 0) is 4.79 Å². The van der Waals surface area contributed by atoms with Crippen molar-refractivity contribution in [3.05, 3.63) is 90.0 Å². The molecule has 4 nitrogen and oxygen atoms in total. The van der Waals surface area contributed by atoms with Gasteiger partial charge in [-0.2, -0.15) is 0 Å². The van der Waals surface area contributed by atoms with Crippen LogP contribution in [0.25, 0.3) is 0 Å². The summed E-state index contributed by atoms with van der Waals surface area (Å²) in [7, 11) is 3.29. The van der Waals surface area contributed by atoms with Crippen LogP contribution in [0.3, 0.4) is 0 Å². The molecule has 0 spiro atoms. The topological polar surface area (TPSA) is 38.8 Å². The van der Waals surface area contributed by atoms with Crippen molar-refractivity contribution in [1.29, 1.82) is 0 Å². The Hall–Kier alpha value is -3.27. The maximum atomic E-state index is 13.1. The standard InChI is InChI=1S/C23H21NO3/c1-26-19-12-8-16(9-13-19)21-22(17-10-14-20(27-2)15-11-17)24(23(21)25)18-6-4-3-5-7-18/h3-15,21-22H,1-2H3. The number of hydrogen-bond acceptors (Lipinski definition) is 3. The number of nitrogens with zero attached hydrogens (tertiary/aromatic N) is 1. The van der Waals surface area contributed by atoms with Crippen molar-refractivity contribution in [2.45, 2.75) is 12.0 Å². The first-order valence-corrected chi connectivity index (χ1v) is 8.89. The zero-order valence-electron chi connectivity index (χ0n) is 15.3. The predicted octanol–water partition coefficient (Wildman–Crippen LogP) is 4.58. The highest BCUT2D eigenvalue weighted by Gasteiger charge is 2.49. The molecule has 3 aromatic rings. The van der Waals surface area contributed by atoms with Crippen molar-refractivity contribution < 1.29 is 14.3 Å². The fraction of sp³-hybridized carbons (Fsp3) is 0.174. The minimum atomic E-state index is -0.218. The average Bonchev–Trinajstić information content (AvgIpc) is 2.73. The molecule has 3 aromatic carbocycles. The second kappa shape index (κ2) is 7.16. The number of ether oxygens (including phenoxy) is 2. The Morgan fingerprint density at radius 2 is 1.22 bits per heavy atom. The molecule has 2 unspecified atom stereocenters. The highest BCUT2D eigenvalue weighted by atomic mass is 16.5. The van der Waals surface area contributed by atoms with E-state index in [1.165, 1.54) is 0 Å². The fourth-order valence-electron chi connectivity index (χ4n) is 3.64. The lowest BCUT2D eigenvalue weighted by Crippen LogP contribution is -2.53. The third kappa shape index (κ3) is 3.04. The molecular weight excluding hydrogens is 338 g/mol. The van der Waals surface area contributed by atoms with Gasteiger partial charge in [-0.25, -0.2) is 0 Å². The number of benzene rings is 3. The molecule has 1 saturated heterocycles. The van der Waals surface area contributed by atoms with Crippen LogP contribution in [0.2, 0.25) is 0 Å². The molecule has 27 heavy (non-hydrogen) atoms. The maximum Gasteiger partial charge on any atom is 0.237 e. The van der Waals surface area contributed by atoms with Gasteiger partial charge >= 0.3 is 0 Å². The van der Waals surface area contributed by atoms with E-state index in [9.17, 15) is 4.79 Å². The van der Waals surface area contributed by atoms with E-state index in [1.54, 1.807) is 14.2 Å². The summed E-state index contributed by atoms with van der Waals surface area (Å²) < 4.78 is 10.5. The zero-order chi connectivity index (χ0) is 18.8. The van der Waals surface area contributed by atoms with E-state index in [0.29, 0.717) is 0 Å². The number of anilines is 1. The first kappa shape index (κ1) is 17.2. The van der Waals surface area contributed by atoms with Crippen molar-refractivity contribution in [1.82, 2.24) is 0 Å². The fourth-order valence-corrected chi connectivity index (χ4v) is 3.64. The molecule has 1 aliphatic rings. The zero-order valence-corrected chi connectivity index (χ0v) is 15.3. The Morgan fingerprint density at radius 1 is 0.704 bits per heavy atom. The number of β-lactam (4-membered cyclic amide) rings is 1. The first-order chi connectivity index (χ1) is 13.2. The highest BCUT2D eigenvalue weighted by molar-refractivity contribution is 6.06. The van der Waals surface area contributed by atoms with Crippen molar-refractivity contribution in [2.75, 3.05) is 19.1 Å². The average molecular weight is 359 g/mol. The minimum Gasteiger partial charge on any atom is -0.497 e. The van der Waals surface area contributed by atoms with Crippen molar-refractivity contribution >= 4 is 11.6 Å². The van der Waals surface area contributed by atoms with Crippen molar-refractivity contribution in [3.8, 4) is 11.5 Å². The van der Waals surface area contributed by atoms with Crippen LogP contribution in [0.4, 0.5) is 5.69 Å². The van der Waals surface area contributed by atoms with E-state index in [-0.39, 0.29) is 17.9 Å². The van der Waals surface area contributed by atoms with E-state index < -0.39 is 0 Å². The van der Waals surface area contributed by atoms with Gasteiger partial charge in [-0.1, -0.05) is 42.5 Å². The van der Waals surface area contributed by atoms with Crippen LogP contribution >= 0.6 is 0 Å². The molecule has 0 radical (unpaired) electrons. The van der Waals surface area contributed by atoms with Crippen LogP contribution in [0, 0.1) is 0 Å². The molecule has 0 bridgehead atoms. The third-order valence-corrected chi connectivity index (χ3v) is 5.06. The summed E-state index contributed by atoms with van der Waals surface area (Å²) in [6.45, 7) is 0. The SMILES string of the molecule is COc1ccc(C2C(=O)N(c3ccccc3)C2c2ccc(OC)cc2)cc1. The molecule has 1 amide bonds. The van der Waals surface area contributed by atoms with Gasteiger partial charge in [0.15, 0.2) is 0 Å². The second-order valence-electron chi connectivity index (χ2n) is 6.51. The number of hydrogen-bond donors (Lipinski definition) is 0.